The van der Waals surface area contributed by atoms with Crippen molar-refractivity contribution in [3.05, 3.63) is 35.5 Å². The maximum absolute atomic E-state index is 10.0. The topological polar surface area (TPSA) is 40.5 Å². The SMILES string of the molecule is C=C1/C(=C/C=C2\CCC[C@]3(C)[C@@H]([C@H](C)CC)CC[C@@H]23)C[C@@H](O)C[C@@H]1O. The molecule has 3 aliphatic rings. The lowest BCUT2D eigenvalue weighted by atomic mass is 9.61. The molecular formula is C23H36O2. The van der Waals surface area contributed by atoms with Crippen molar-refractivity contribution in [2.45, 2.75) is 84.3 Å². The summed E-state index contributed by atoms with van der Waals surface area (Å²) < 4.78 is 0. The van der Waals surface area contributed by atoms with Gasteiger partial charge in [0.15, 0.2) is 0 Å². The third kappa shape index (κ3) is 3.53. The zero-order valence-corrected chi connectivity index (χ0v) is 16.3. The van der Waals surface area contributed by atoms with Crippen LogP contribution < -0.4 is 0 Å². The van der Waals surface area contributed by atoms with Gasteiger partial charge < -0.3 is 10.2 Å². The van der Waals surface area contributed by atoms with Crippen molar-refractivity contribution < 1.29 is 10.2 Å². The van der Waals surface area contributed by atoms with Crippen molar-refractivity contribution >= 4 is 0 Å². The number of allylic oxidation sites excluding steroid dienone is 3. The highest BCUT2D eigenvalue weighted by atomic mass is 16.3. The number of hydrogen-bond acceptors (Lipinski definition) is 2. The Morgan fingerprint density at radius 1 is 1.28 bits per heavy atom. The number of fused-ring (bicyclic) bond motifs is 1. The zero-order valence-electron chi connectivity index (χ0n) is 16.3. The minimum absolute atomic E-state index is 0.421. The Balaban J connectivity index is 1.82. The van der Waals surface area contributed by atoms with Crippen LogP contribution in [0.25, 0.3) is 0 Å². The molecule has 3 fully saturated rings. The van der Waals surface area contributed by atoms with Gasteiger partial charge in [0.25, 0.3) is 0 Å². The van der Waals surface area contributed by atoms with E-state index in [4.69, 9.17) is 0 Å². The maximum atomic E-state index is 10.0. The highest BCUT2D eigenvalue weighted by Gasteiger charge is 2.50. The molecule has 0 aromatic rings. The monoisotopic (exact) mass is 344 g/mol. The minimum Gasteiger partial charge on any atom is -0.393 e. The van der Waals surface area contributed by atoms with Gasteiger partial charge in [-0.05, 0) is 72.8 Å². The van der Waals surface area contributed by atoms with Gasteiger partial charge in [-0.15, -0.1) is 0 Å². The molecule has 0 aliphatic heterocycles. The fraction of sp³-hybridized carbons (Fsp3) is 0.739. The summed E-state index contributed by atoms with van der Waals surface area (Å²) in [4.78, 5) is 0. The molecule has 25 heavy (non-hydrogen) atoms. The third-order valence-corrected chi connectivity index (χ3v) is 7.63. The Morgan fingerprint density at radius 2 is 2.04 bits per heavy atom. The summed E-state index contributed by atoms with van der Waals surface area (Å²) in [5, 5.41) is 20.0. The van der Waals surface area contributed by atoms with Crippen LogP contribution >= 0.6 is 0 Å². The van der Waals surface area contributed by atoms with E-state index in [1.807, 2.05) is 0 Å². The zero-order chi connectivity index (χ0) is 18.2. The maximum Gasteiger partial charge on any atom is 0.0811 e. The van der Waals surface area contributed by atoms with Gasteiger partial charge in [0.2, 0.25) is 0 Å². The second-order valence-electron chi connectivity index (χ2n) is 9.05. The Kier molecular flexibility index (Phi) is 5.60. The molecule has 140 valence electrons. The van der Waals surface area contributed by atoms with Gasteiger partial charge in [-0.2, -0.15) is 0 Å². The van der Waals surface area contributed by atoms with Crippen molar-refractivity contribution in [3.63, 3.8) is 0 Å². The van der Waals surface area contributed by atoms with Crippen LogP contribution in [0.15, 0.2) is 35.5 Å². The lowest BCUT2D eigenvalue weighted by molar-refractivity contribution is 0.0861. The normalized spacial score (nSPS) is 43.5. The molecule has 3 rings (SSSR count). The first-order valence-corrected chi connectivity index (χ1v) is 10.3. The first-order chi connectivity index (χ1) is 11.9. The van der Waals surface area contributed by atoms with Gasteiger partial charge in [-0.25, -0.2) is 0 Å². The summed E-state index contributed by atoms with van der Waals surface area (Å²) >= 11 is 0. The van der Waals surface area contributed by atoms with E-state index in [1.54, 1.807) is 5.57 Å². The van der Waals surface area contributed by atoms with Crippen molar-refractivity contribution in [1.82, 2.24) is 0 Å². The van der Waals surface area contributed by atoms with E-state index in [-0.39, 0.29) is 0 Å². The fourth-order valence-electron chi connectivity index (χ4n) is 5.96. The predicted molar refractivity (Wildman–Crippen MR) is 104 cm³/mol. The van der Waals surface area contributed by atoms with Gasteiger partial charge in [-0.3, -0.25) is 0 Å². The van der Waals surface area contributed by atoms with Crippen LogP contribution in [-0.2, 0) is 0 Å². The predicted octanol–water partition coefficient (Wildman–Crippen LogP) is 5.17. The van der Waals surface area contributed by atoms with Gasteiger partial charge in [0.1, 0.15) is 0 Å². The molecule has 2 nitrogen and oxygen atoms in total. The van der Waals surface area contributed by atoms with E-state index in [1.165, 1.54) is 38.5 Å². The van der Waals surface area contributed by atoms with Gasteiger partial charge in [0.05, 0.1) is 12.2 Å². The van der Waals surface area contributed by atoms with E-state index in [0.29, 0.717) is 24.2 Å². The van der Waals surface area contributed by atoms with Crippen LogP contribution in [0.4, 0.5) is 0 Å². The lowest BCUT2D eigenvalue weighted by Gasteiger charge is -2.44. The van der Waals surface area contributed by atoms with Crippen molar-refractivity contribution in [3.8, 4) is 0 Å². The highest BCUT2D eigenvalue weighted by Crippen LogP contribution is 2.59. The van der Waals surface area contributed by atoms with Crippen LogP contribution in [0.3, 0.4) is 0 Å². The third-order valence-electron chi connectivity index (χ3n) is 7.63. The lowest BCUT2D eigenvalue weighted by Crippen LogP contribution is -2.35. The molecule has 0 heterocycles. The Hall–Kier alpha value is -0.860. The van der Waals surface area contributed by atoms with Gasteiger partial charge in [0, 0.05) is 6.42 Å². The van der Waals surface area contributed by atoms with Crippen LogP contribution in [0.1, 0.15) is 72.1 Å². The molecule has 0 unspecified atom stereocenters. The molecule has 0 radical (unpaired) electrons. The van der Waals surface area contributed by atoms with Crippen LogP contribution in [0.5, 0.6) is 0 Å². The molecule has 0 amide bonds. The first kappa shape index (κ1) is 18.9. The van der Waals surface area contributed by atoms with Crippen molar-refractivity contribution in [1.29, 1.82) is 0 Å². The quantitative estimate of drug-likeness (QED) is 0.741. The molecule has 2 heteroatoms. The Bertz CT molecular complexity index is 573. The van der Waals surface area contributed by atoms with Crippen LogP contribution in [0.2, 0.25) is 0 Å². The van der Waals surface area contributed by atoms with E-state index in [2.05, 4.69) is 39.5 Å². The molecule has 0 spiro atoms. The Morgan fingerprint density at radius 3 is 2.76 bits per heavy atom. The average molecular weight is 345 g/mol. The molecule has 0 saturated heterocycles. The number of aliphatic hydroxyl groups is 2. The first-order valence-electron chi connectivity index (χ1n) is 10.3. The summed E-state index contributed by atoms with van der Waals surface area (Å²) in [6, 6.07) is 0. The summed E-state index contributed by atoms with van der Waals surface area (Å²) in [6.07, 6.45) is 12.3. The molecular weight excluding hydrogens is 308 g/mol. The van der Waals surface area contributed by atoms with E-state index >= 15 is 0 Å². The largest absolute Gasteiger partial charge is 0.393 e. The number of aliphatic hydroxyl groups excluding tert-OH is 2. The molecule has 3 aliphatic carbocycles. The minimum atomic E-state index is -0.591. The van der Waals surface area contributed by atoms with Gasteiger partial charge >= 0.3 is 0 Å². The molecule has 0 aromatic heterocycles. The second kappa shape index (κ2) is 7.40. The van der Waals surface area contributed by atoms with Gasteiger partial charge in [-0.1, -0.05) is 51.5 Å². The van der Waals surface area contributed by atoms with E-state index in [9.17, 15) is 10.2 Å². The second-order valence-corrected chi connectivity index (χ2v) is 9.05. The van der Waals surface area contributed by atoms with Crippen LogP contribution in [0, 0.1) is 23.2 Å². The average Bonchev–Trinajstić information content (AvgIpc) is 2.93. The standard InChI is InChI=1S/C23H36O2/c1-5-15(2)20-10-11-21-17(7-6-12-23(20,21)4)8-9-18-13-19(24)14-22(25)16(18)3/h8-9,15,19-22,24-25H,3,5-7,10-14H2,1-2,4H3/b17-8+,18-9+/t15-,19-,20-,21+,22+,23-/m1/s1. The summed E-state index contributed by atoms with van der Waals surface area (Å²) in [7, 11) is 0. The molecule has 2 N–H and O–H groups in total. The fourth-order valence-corrected chi connectivity index (χ4v) is 5.96. The van der Waals surface area contributed by atoms with E-state index in [0.717, 1.165) is 23.0 Å². The number of hydrogen-bond donors (Lipinski definition) is 2. The molecule has 3 saturated carbocycles. The van der Waals surface area contributed by atoms with Crippen molar-refractivity contribution in [2.24, 2.45) is 23.2 Å². The van der Waals surface area contributed by atoms with Crippen molar-refractivity contribution in [2.75, 3.05) is 0 Å². The Labute approximate surface area is 153 Å². The summed E-state index contributed by atoms with van der Waals surface area (Å²) in [6.45, 7) is 11.3. The molecule has 0 aromatic carbocycles. The summed E-state index contributed by atoms with van der Waals surface area (Å²) in [5.41, 5.74) is 3.88. The highest BCUT2D eigenvalue weighted by molar-refractivity contribution is 5.38. The number of rotatable bonds is 3. The van der Waals surface area contributed by atoms with E-state index < -0.39 is 12.2 Å². The molecule has 6 atom stereocenters. The summed E-state index contributed by atoms with van der Waals surface area (Å²) in [5.74, 6) is 2.38. The smallest absolute Gasteiger partial charge is 0.0811 e. The van der Waals surface area contributed by atoms with Crippen LogP contribution in [-0.4, -0.2) is 22.4 Å². The molecule has 0 bridgehead atoms.